The van der Waals surface area contributed by atoms with Crippen LogP contribution >= 0.6 is 0 Å². The van der Waals surface area contributed by atoms with Gasteiger partial charge in [-0.05, 0) is 67.6 Å². The number of para-hydroxylation sites is 1. The number of allylic oxidation sites excluding steroid dienone is 1. The number of methoxy groups -OCH3 is 1. The van der Waals surface area contributed by atoms with Crippen LogP contribution in [0.25, 0.3) is 16.7 Å². The van der Waals surface area contributed by atoms with Gasteiger partial charge in [0.2, 0.25) is 0 Å². The number of phenolic OH excluding ortho intramolecular Hbond substituents is 1. The van der Waals surface area contributed by atoms with Crippen LogP contribution in [0.5, 0.6) is 11.5 Å². The maximum atomic E-state index is 12.5. The highest BCUT2D eigenvalue weighted by Crippen LogP contribution is 2.43. The highest BCUT2D eigenvalue weighted by atomic mass is 16.6. The third-order valence-corrected chi connectivity index (χ3v) is 5.93. The molecule has 0 bridgehead atoms. The summed E-state index contributed by atoms with van der Waals surface area (Å²) >= 11 is 0. The van der Waals surface area contributed by atoms with Gasteiger partial charge in [-0.1, -0.05) is 73.9 Å². The maximum absolute atomic E-state index is 12.5. The van der Waals surface area contributed by atoms with Gasteiger partial charge in [0.15, 0.2) is 6.73 Å². The summed E-state index contributed by atoms with van der Waals surface area (Å²) in [5.74, 6) is 0.654. The molecule has 0 atom stereocenters. The van der Waals surface area contributed by atoms with E-state index < -0.39 is 6.09 Å². The molecule has 184 valence electrons. The lowest BCUT2D eigenvalue weighted by Gasteiger charge is -2.24. The smallest absolute Gasteiger partial charge is 0.416 e. The summed E-state index contributed by atoms with van der Waals surface area (Å²) < 4.78 is 11.3. The summed E-state index contributed by atoms with van der Waals surface area (Å²) in [4.78, 5) is 14.0. The van der Waals surface area contributed by atoms with Crippen molar-refractivity contribution < 1.29 is 19.4 Å². The minimum atomic E-state index is -0.528. The standard InChI is InChI=1S/C30H35NO4/c1-6-7-9-12-23-18-27(32)29(26-17-22(4)15-16-25(26)21(2)3)28(19-23)35-20-31(30(33)34-5)24-13-10-8-11-14-24/h8,10-11,13-19,32H,2,6-7,9,12,20H2,1,3-5H3. The summed E-state index contributed by atoms with van der Waals surface area (Å²) in [5, 5.41) is 11.2. The molecular formula is C30H35NO4. The van der Waals surface area contributed by atoms with E-state index in [1.54, 1.807) is 0 Å². The van der Waals surface area contributed by atoms with Gasteiger partial charge in [0.1, 0.15) is 11.5 Å². The molecule has 0 unspecified atom stereocenters. The third kappa shape index (κ3) is 6.44. The summed E-state index contributed by atoms with van der Waals surface area (Å²) in [6, 6.07) is 19.1. The number of benzene rings is 3. The largest absolute Gasteiger partial charge is 0.507 e. The molecule has 0 aliphatic heterocycles. The first kappa shape index (κ1) is 25.9. The number of ether oxygens (including phenoxy) is 2. The molecule has 0 aliphatic carbocycles. The summed E-state index contributed by atoms with van der Waals surface area (Å²) in [6.45, 7) is 10.2. The number of amides is 1. The molecule has 0 saturated carbocycles. The molecular weight excluding hydrogens is 438 g/mol. The first-order valence-electron chi connectivity index (χ1n) is 12.0. The average Bonchev–Trinajstić information content (AvgIpc) is 2.84. The van der Waals surface area contributed by atoms with Gasteiger partial charge in [-0.25, -0.2) is 9.69 Å². The van der Waals surface area contributed by atoms with E-state index in [4.69, 9.17) is 9.47 Å². The molecule has 5 nitrogen and oxygen atoms in total. The van der Waals surface area contributed by atoms with E-state index in [1.165, 1.54) is 12.0 Å². The second-order valence-electron chi connectivity index (χ2n) is 8.78. The molecule has 1 N–H and O–H groups in total. The molecule has 0 saturated heterocycles. The van der Waals surface area contributed by atoms with Crippen LogP contribution in [-0.4, -0.2) is 25.0 Å². The van der Waals surface area contributed by atoms with Gasteiger partial charge in [0, 0.05) is 0 Å². The third-order valence-electron chi connectivity index (χ3n) is 5.93. The van der Waals surface area contributed by atoms with E-state index in [1.807, 2.05) is 74.5 Å². The molecule has 5 heteroatoms. The number of aryl methyl sites for hydroxylation is 2. The van der Waals surface area contributed by atoms with Crippen molar-refractivity contribution in [1.29, 1.82) is 0 Å². The van der Waals surface area contributed by atoms with Crippen molar-refractivity contribution in [3.05, 3.63) is 83.9 Å². The van der Waals surface area contributed by atoms with Crippen LogP contribution in [0.15, 0.2) is 67.2 Å². The van der Waals surface area contributed by atoms with Gasteiger partial charge in [-0.15, -0.1) is 0 Å². The normalized spacial score (nSPS) is 10.6. The van der Waals surface area contributed by atoms with Crippen molar-refractivity contribution in [2.75, 3.05) is 18.7 Å². The van der Waals surface area contributed by atoms with E-state index in [0.29, 0.717) is 17.0 Å². The number of rotatable bonds is 10. The van der Waals surface area contributed by atoms with Crippen LogP contribution in [0.4, 0.5) is 10.5 Å². The Hall–Kier alpha value is -3.73. The maximum Gasteiger partial charge on any atom is 0.416 e. The van der Waals surface area contributed by atoms with E-state index in [0.717, 1.165) is 53.5 Å². The van der Waals surface area contributed by atoms with Crippen LogP contribution in [0.1, 0.15) is 49.8 Å². The predicted octanol–water partition coefficient (Wildman–Crippen LogP) is 7.74. The molecule has 1 amide bonds. The number of hydrogen-bond donors (Lipinski definition) is 1. The molecule has 0 aromatic heterocycles. The van der Waals surface area contributed by atoms with E-state index in [9.17, 15) is 9.90 Å². The molecule has 3 rings (SSSR count). The molecule has 3 aromatic carbocycles. The van der Waals surface area contributed by atoms with Crippen LogP contribution in [0, 0.1) is 6.92 Å². The molecule has 0 heterocycles. The number of anilines is 1. The Labute approximate surface area is 208 Å². The topological polar surface area (TPSA) is 59.0 Å². The Balaban J connectivity index is 2.08. The van der Waals surface area contributed by atoms with Crippen molar-refractivity contribution in [3.8, 4) is 22.6 Å². The van der Waals surface area contributed by atoms with Crippen molar-refractivity contribution >= 4 is 17.4 Å². The first-order chi connectivity index (χ1) is 16.8. The molecule has 0 fully saturated rings. The Morgan fingerprint density at radius 1 is 1.06 bits per heavy atom. The zero-order valence-electron chi connectivity index (χ0n) is 21.1. The minimum Gasteiger partial charge on any atom is -0.507 e. The van der Waals surface area contributed by atoms with Crippen LogP contribution in [-0.2, 0) is 11.2 Å². The highest BCUT2D eigenvalue weighted by molar-refractivity contribution is 5.88. The van der Waals surface area contributed by atoms with Gasteiger partial charge >= 0.3 is 6.09 Å². The Kier molecular flexibility index (Phi) is 8.96. The Bertz CT molecular complexity index is 1170. The fraction of sp³-hybridized carbons (Fsp3) is 0.300. The number of hydrogen-bond acceptors (Lipinski definition) is 4. The fourth-order valence-electron chi connectivity index (χ4n) is 4.09. The van der Waals surface area contributed by atoms with E-state index >= 15 is 0 Å². The van der Waals surface area contributed by atoms with Crippen LogP contribution in [0.3, 0.4) is 0 Å². The lowest BCUT2D eigenvalue weighted by atomic mass is 9.91. The Morgan fingerprint density at radius 2 is 1.80 bits per heavy atom. The number of nitrogens with zero attached hydrogens (tertiary/aromatic N) is 1. The second-order valence-corrected chi connectivity index (χ2v) is 8.78. The lowest BCUT2D eigenvalue weighted by Crippen LogP contribution is -2.34. The number of carbonyl (C=O) groups is 1. The van der Waals surface area contributed by atoms with Gasteiger partial charge in [0.05, 0.1) is 18.4 Å². The second kappa shape index (κ2) is 12.1. The number of carbonyl (C=O) groups excluding carboxylic acids is 1. The van der Waals surface area contributed by atoms with Crippen molar-refractivity contribution in [1.82, 2.24) is 0 Å². The molecule has 0 radical (unpaired) electrons. The van der Waals surface area contributed by atoms with Crippen molar-refractivity contribution in [2.45, 2.75) is 46.5 Å². The van der Waals surface area contributed by atoms with Crippen LogP contribution < -0.4 is 9.64 Å². The monoisotopic (exact) mass is 473 g/mol. The van der Waals surface area contributed by atoms with Crippen molar-refractivity contribution in [3.63, 3.8) is 0 Å². The summed E-state index contributed by atoms with van der Waals surface area (Å²) in [6.07, 6.45) is 3.55. The SMILES string of the molecule is C=C(C)c1ccc(C)cc1-c1c(O)cc(CCCCC)cc1OCN(C(=O)OC)c1ccccc1. The number of aromatic hydroxyl groups is 1. The fourth-order valence-corrected chi connectivity index (χ4v) is 4.09. The zero-order chi connectivity index (χ0) is 25.4. The first-order valence-corrected chi connectivity index (χ1v) is 12.0. The summed E-state index contributed by atoms with van der Waals surface area (Å²) in [5.41, 5.74) is 5.95. The van der Waals surface area contributed by atoms with Gasteiger partial charge in [0.25, 0.3) is 0 Å². The lowest BCUT2D eigenvalue weighted by molar-refractivity contribution is 0.170. The van der Waals surface area contributed by atoms with Crippen LogP contribution in [0.2, 0.25) is 0 Å². The van der Waals surface area contributed by atoms with Gasteiger partial charge in [-0.3, -0.25) is 0 Å². The number of phenols is 1. The average molecular weight is 474 g/mol. The highest BCUT2D eigenvalue weighted by Gasteiger charge is 2.21. The Morgan fingerprint density at radius 3 is 2.46 bits per heavy atom. The predicted molar refractivity (Wildman–Crippen MR) is 143 cm³/mol. The van der Waals surface area contributed by atoms with Crippen molar-refractivity contribution in [2.24, 2.45) is 0 Å². The quantitative estimate of drug-likeness (QED) is 0.242. The molecule has 0 spiro atoms. The van der Waals surface area contributed by atoms with E-state index in [-0.39, 0.29) is 12.5 Å². The molecule has 0 aliphatic rings. The molecule has 3 aromatic rings. The van der Waals surface area contributed by atoms with E-state index in [2.05, 4.69) is 13.5 Å². The number of unbranched alkanes of at least 4 members (excludes halogenated alkanes) is 2. The molecule has 35 heavy (non-hydrogen) atoms. The van der Waals surface area contributed by atoms with Gasteiger partial charge in [-0.2, -0.15) is 0 Å². The zero-order valence-corrected chi connectivity index (χ0v) is 21.1. The van der Waals surface area contributed by atoms with Gasteiger partial charge < -0.3 is 14.6 Å². The summed E-state index contributed by atoms with van der Waals surface area (Å²) in [7, 11) is 1.34. The minimum absolute atomic E-state index is 0.0737.